The number of fused-ring (bicyclic) bond motifs is 1. The van der Waals surface area contributed by atoms with E-state index < -0.39 is 0 Å². The zero-order chi connectivity index (χ0) is 18.5. The highest BCUT2D eigenvalue weighted by molar-refractivity contribution is 5.82. The summed E-state index contributed by atoms with van der Waals surface area (Å²) in [6.07, 6.45) is 1.04. The summed E-state index contributed by atoms with van der Waals surface area (Å²) in [5, 5.41) is 12.0. The van der Waals surface area contributed by atoms with Gasteiger partial charge in [0, 0.05) is 19.6 Å². The average Bonchev–Trinajstić information content (AvgIpc) is 3.09. The lowest BCUT2D eigenvalue weighted by Gasteiger charge is -2.26. The first-order valence-electron chi connectivity index (χ1n) is 9.45. The third-order valence-electron chi connectivity index (χ3n) is 4.70. The first-order valence-corrected chi connectivity index (χ1v) is 9.45. The van der Waals surface area contributed by atoms with E-state index in [-0.39, 0.29) is 0 Å². The van der Waals surface area contributed by atoms with Gasteiger partial charge in [0.15, 0.2) is 17.0 Å². The Kier molecular flexibility index (Phi) is 5.55. The van der Waals surface area contributed by atoms with Crippen LogP contribution in [0.1, 0.15) is 17.8 Å². The third kappa shape index (κ3) is 4.40. The van der Waals surface area contributed by atoms with Gasteiger partial charge in [0.25, 0.3) is 0 Å². The number of hydrogen-bond donors (Lipinski definition) is 1. The molecule has 1 aliphatic rings. The van der Waals surface area contributed by atoms with E-state index in [1.807, 2.05) is 29.8 Å². The number of ether oxygens (including phenoxy) is 1. The number of anilines is 1. The normalized spacial score (nSPS) is 15.3. The SMILES string of the molecule is Cc1nc(NCCCN2CCOCC2)c2nnn(Cc3ccccc3)c2n1. The van der Waals surface area contributed by atoms with Crippen LogP contribution >= 0.6 is 0 Å². The highest BCUT2D eigenvalue weighted by Gasteiger charge is 2.14. The molecule has 0 amide bonds. The molecule has 4 rings (SSSR count). The van der Waals surface area contributed by atoms with Crippen LogP contribution in [0.3, 0.4) is 0 Å². The van der Waals surface area contributed by atoms with Gasteiger partial charge in [0.2, 0.25) is 0 Å². The van der Waals surface area contributed by atoms with Crippen LogP contribution in [-0.4, -0.2) is 69.3 Å². The maximum atomic E-state index is 5.39. The minimum Gasteiger partial charge on any atom is -0.379 e. The van der Waals surface area contributed by atoms with Gasteiger partial charge in [0.1, 0.15) is 5.82 Å². The Morgan fingerprint density at radius 3 is 2.74 bits per heavy atom. The Morgan fingerprint density at radius 1 is 1.11 bits per heavy atom. The number of benzene rings is 1. The molecule has 3 heterocycles. The predicted molar refractivity (Wildman–Crippen MR) is 104 cm³/mol. The van der Waals surface area contributed by atoms with E-state index in [0.717, 1.165) is 68.6 Å². The van der Waals surface area contributed by atoms with E-state index in [1.165, 1.54) is 5.56 Å². The van der Waals surface area contributed by atoms with E-state index in [1.54, 1.807) is 0 Å². The van der Waals surface area contributed by atoms with Crippen LogP contribution in [0.25, 0.3) is 11.2 Å². The Morgan fingerprint density at radius 2 is 1.93 bits per heavy atom. The van der Waals surface area contributed by atoms with Crippen LogP contribution < -0.4 is 5.32 Å². The van der Waals surface area contributed by atoms with E-state index in [0.29, 0.717) is 6.54 Å². The molecule has 3 aromatic rings. The second kappa shape index (κ2) is 8.41. The van der Waals surface area contributed by atoms with Crippen LogP contribution in [0.15, 0.2) is 30.3 Å². The molecule has 0 bridgehead atoms. The van der Waals surface area contributed by atoms with Gasteiger partial charge in [-0.25, -0.2) is 14.6 Å². The summed E-state index contributed by atoms with van der Waals surface area (Å²) in [6, 6.07) is 10.2. The van der Waals surface area contributed by atoms with Crippen molar-refractivity contribution in [1.29, 1.82) is 0 Å². The minimum atomic E-state index is 0.643. The maximum Gasteiger partial charge on any atom is 0.184 e. The Bertz CT molecular complexity index is 874. The highest BCUT2D eigenvalue weighted by atomic mass is 16.5. The van der Waals surface area contributed by atoms with Crippen molar-refractivity contribution in [2.24, 2.45) is 0 Å². The van der Waals surface area contributed by atoms with Crippen molar-refractivity contribution in [2.45, 2.75) is 19.9 Å². The van der Waals surface area contributed by atoms with Crippen molar-refractivity contribution in [3.05, 3.63) is 41.7 Å². The summed E-state index contributed by atoms with van der Waals surface area (Å²) < 4.78 is 7.22. The second-order valence-electron chi connectivity index (χ2n) is 6.76. The quantitative estimate of drug-likeness (QED) is 0.637. The molecular formula is C19H25N7O. The van der Waals surface area contributed by atoms with Gasteiger partial charge in [-0.1, -0.05) is 35.5 Å². The molecule has 1 aromatic carbocycles. The van der Waals surface area contributed by atoms with Gasteiger partial charge in [-0.2, -0.15) is 0 Å². The van der Waals surface area contributed by atoms with Gasteiger partial charge >= 0.3 is 0 Å². The van der Waals surface area contributed by atoms with Crippen molar-refractivity contribution in [3.63, 3.8) is 0 Å². The molecule has 1 fully saturated rings. The largest absolute Gasteiger partial charge is 0.379 e. The molecule has 1 saturated heterocycles. The van der Waals surface area contributed by atoms with Gasteiger partial charge in [-0.3, -0.25) is 4.90 Å². The Labute approximate surface area is 158 Å². The zero-order valence-electron chi connectivity index (χ0n) is 15.6. The third-order valence-corrected chi connectivity index (χ3v) is 4.70. The molecule has 0 radical (unpaired) electrons. The first kappa shape index (κ1) is 17.8. The summed E-state index contributed by atoms with van der Waals surface area (Å²) in [7, 11) is 0. The maximum absolute atomic E-state index is 5.39. The zero-order valence-corrected chi connectivity index (χ0v) is 15.6. The fourth-order valence-corrected chi connectivity index (χ4v) is 3.29. The van der Waals surface area contributed by atoms with Gasteiger partial charge in [-0.15, -0.1) is 5.10 Å². The molecule has 0 saturated carbocycles. The second-order valence-corrected chi connectivity index (χ2v) is 6.76. The Hall–Kier alpha value is -2.58. The van der Waals surface area contributed by atoms with Crippen LogP contribution in [0, 0.1) is 6.92 Å². The lowest BCUT2D eigenvalue weighted by Crippen LogP contribution is -2.37. The first-order chi connectivity index (χ1) is 13.3. The standard InChI is InChI=1S/C19H25N7O/c1-15-21-18(20-8-5-9-25-10-12-27-13-11-25)17-19(22-15)26(24-23-17)14-16-6-3-2-4-7-16/h2-4,6-7H,5,8-14H2,1H3,(H,20,21,22). The van der Waals surface area contributed by atoms with Crippen molar-refractivity contribution in [1.82, 2.24) is 29.9 Å². The average molecular weight is 367 g/mol. The number of aromatic nitrogens is 5. The van der Waals surface area contributed by atoms with Crippen LogP contribution in [0.2, 0.25) is 0 Å². The number of hydrogen-bond acceptors (Lipinski definition) is 7. The summed E-state index contributed by atoms with van der Waals surface area (Å²) in [5.74, 6) is 1.48. The molecule has 142 valence electrons. The Balaban J connectivity index is 1.43. The number of morpholine rings is 1. The van der Waals surface area contributed by atoms with Crippen LogP contribution in [0.4, 0.5) is 5.82 Å². The monoisotopic (exact) mass is 367 g/mol. The topological polar surface area (TPSA) is 81.0 Å². The molecule has 0 atom stereocenters. The van der Waals surface area contributed by atoms with Crippen molar-refractivity contribution >= 4 is 17.0 Å². The minimum absolute atomic E-state index is 0.643. The number of rotatable bonds is 7. The summed E-state index contributed by atoms with van der Waals surface area (Å²) in [5.41, 5.74) is 2.66. The molecule has 8 nitrogen and oxygen atoms in total. The number of nitrogens with one attached hydrogen (secondary N) is 1. The van der Waals surface area contributed by atoms with Crippen molar-refractivity contribution in [2.75, 3.05) is 44.7 Å². The predicted octanol–water partition coefficient (Wildman–Crippen LogP) is 1.71. The molecule has 8 heteroatoms. The molecule has 2 aromatic heterocycles. The molecule has 1 aliphatic heterocycles. The van der Waals surface area contributed by atoms with Gasteiger partial charge in [-0.05, 0) is 25.5 Å². The fourth-order valence-electron chi connectivity index (χ4n) is 3.29. The molecule has 1 N–H and O–H groups in total. The van der Waals surface area contributed by atoms with Gasteiger partial charge in [0.05, 0.1) is 19.8 Å². The van der Waals surface area contributed by atoms with Gasteiger partial charge < -0.3 is 10.1 Å². The molecule has 0 aliphatic carbocycles. The van der Waals surface area contributed by atoms with Crippen LogP contribution in [-0.2, 0) is 11.3 Å². The van der Waals surface area contributed by atoms with E-state index in [2.05, 4.69) is 42.6 Å². The van der Waals surface area contributed by atoms with Crippen molar-refractivity contribution in [3.8, 4) is 0 Å². The number of aryl methyl sites for hydroxylation is 1. The van der Waals surface area contributed by atoms with E-state index >= 15 is 0 Å². The van der Waals surface area contributed by atoms with Crippen molar-refractivity contribution < 1.29 is 4.74 Å². The van der Waals surface area contributed by atoms with E-state index in [9.17, 15) is 0 Å². The lowest BCUT2D eigenvalue weighted by molar-refractivity contribution is 0.0378. The molecular weight excluding hydrogens is 342 g/mol. The number of nitrogens with zero attached hydrogens (tertiary/aromatic N) is 6. The molecule has 27 heavy (non-hydrogen) atoms. The smallest absolute Gasteiger partial charge is 0.184 e. The highest BCUT2D eigenvalue weighted by Crippen LogP contribution is 2.18. The molecule has 0 unspecified atom stereocenters. The summed E-state index contributed by atoms with van der Waals surface area (Å²) in [6.45, 7) is 8.16. The lowest BCUT2D eigenvalue weighted by atomic mass is 10.2. The van der Waals surface area contributed by atoms with E-state index in [4.69, 9.17) is 4.74 Å². The van der Waals surface area contributed by atoms with Crippen LogP contribution in [0.5, 0.6) is 0 Å². The fraction of sp³-hybridized carbons (Fsp3) is 0.474. The molecule has 0 spiro atoms. The summed E-state index contributed by atoms with van der Waals surface area (Å²) in [4.78, 5) is 11.5. The summed E-state index contributed by atoms with van der Waals surface area (Å²) >= 11 is 0.